The zero-order valence-electron chi connectivity index (χ0n) is 10.0. The number of hydrogen-bond acceptors (Lipinski definition) is 3. The van der Waals surface area contributed by atoms with E-state index in [9.17, 15) is 0 Å². The summed E-state index contributed by atoms with van der Waals surface area (Å²) in [5, 5.41) is 0. The van der Waals surface area contributed by atoms with Crippen molar-refractivity contribution in [2.45, 2.75) is 44.2 Å². The molecule has 0 bridgehead atoms. The third-order valence-electron chi connectivity index (χ3n) is 3.53. The molecule has 3 atom stereocenters. The largest absolute Gasteiger partial charge is 0.382 e. The fraction of sp³-hybridized carbons (Fsp3) is 0.615. The maximum atomic E-state index is 6.25. The highest BCUT2D eigenvalue weighted by Crippen LogP contribution is 2.34. The molecular formula is C13H20N2O. The Kier molecular flexibility index (Phi) is 3.56. The van der Waals surface area contributed by atoms with Crippen LogP contribution in [-0.2, 0) is 11.2 Å². The van der Waals surface area contributed by atoms with E-state index in [-0.39, 0.29) is 12.1 Å². The first kappa shape index (κ1) is 11.6. The van der Waals surface area contributed by atoms with Gasteiger partial charge < -0.3 is 10.5 Å². The number of fused-ring (bicyclic) bond motifs is 1. The van der Waals surface area contributed by atoms with Crippen molar-refractivity contribution in [3.63, 3.8) is 0 Å². The molecule has 1 aliphatic rings. The molecular weight excluding hydrogens is 200 g/mol. The van der Waals surface area contributed by atoms with Gasteiger partial charge in [-0.15, -0.1) is 0 Å². The molecule has 1 aliphatic carbocycles. The van der Waals surface area contributed by atoms with E-state index in [0.29, 0.717) is 5.92 Å². The van der Waals surface area contributed by atoms with Gasteiger partial charge in [0, 0.05) is 31.0 Å². The Morgan fingerprint density at radius 2 is 2.44 bits per heavy atom. The van der Waals surface area contributed by atoms with Crippen LogP contribution in [0.3, 0.4) is 0 Å². The maximum Gasteiger partial charge on any atom is 0.0558 e. The lowest BCUT2D eigenvalue weighted by atomic mass is 9.93. The predicted octanol–water partition coefficient (Wildman–Crippen LogP) is 1.86. The van der Waals surface area contributed by atoms with E-state index in [4.69, 9.17) is 10.5 Å². The topological polar surface area (TPSA) is 48.1 Å². The second kappa shape index (κ2) is 4.93. The molecule has 2 rings (SSSR count). The molecule has 3 heteroatoms. The van der Waals surface area contributed by atoms with Gasteiger partial charge in [-0.25, -0.2) is 0 Å². The van der Waals surface area contributed by atoms with E-state index >= 15 is 0 Å². The molecule has 0 fully saturated rings. The van der Waals surface area contributed by atoms with Gasteiger partial charge in [-0.3, -0.25) is 4.98 Å². The lowest BCUT2D eigenvalue weighted by Crippen LogP contribution is -2.31. The van der Waals surface area contributed by atoms with Crippen molar-refractivity contribution in [2.24, 2.45) is 5.73 Å². The molecule has 88 valence electrons. The first-order valence-electron chi connectivity index (χ1n) is 5.94. The smallest absolute Gasteiger partial charge is 0.0558 e. The average molecular weight is 220 g/mol. The van der Waals surface area contributed by atoms with E-state index in [2.05, 4.69) is 18.0 Å². The normalized spacial score (nSPS) is 22.8. The Morgan fingerprint density at radius 1 is 1.62 bits per heavy atom. The van der Waals surface area contributed by atoms with Crippen molar-refractivity contribution in [2.75, 3.05) is 7.11 Å². The molecule has 2 N–H and O–H groups in total. The second-order valence-electron chi connectivity index (χ2n) is 4.64. The number of aryl methyl sites for hydroxylation is 1. The minimum Gasteiger partial charge on any atom is -0.382 e. The molecule has 0 aliphatic heterocycles. The molecule has 0 saturated carbocycles. The van der Waals surface area contributed by atoms with Gasteiger partial charge in [-0.2, -0.15) is 0 Å². The fourth-order valence-corrected chi connectivity index (χ4v) is 2.50. The lowest BCUT2D eigenvalue weighted by molar-refractivity contribution is 0.101. The number of ether oxygens (including phenoxy) is 1. The molecule has 0 saturated heterocycles. The molecule has 3 unspecified atom stereocenters. The fourth-order valence-electron chi connectivity index (χ4n) is 2.50. The zero-order chi connectivity index (χ0) is 11.5. The molecule has 0 radical (unpaired) electrons. The first-order chi connectivity index (χ1) is 7.72. The van der Waals surface area contributed by atoms with Gasteiger partial charge in [-0.1, -0.05) is 6.07 Å². The Morgan fingerprint density at radius 3 is 3.19 bits per heavy atom. The third-order valence-corrected chi connectivity index (χ3v) is 3.53. The van der Waals surface area contributed by atoms with Crippen molar-refractivity contribution in [3.8, 4) is 0 Å². The molecule has 0 aromatic carbocycles. The van der Waals surface area contributed by atoms with E-state index in [1.807, 2.05) is 12.3 Å². The summed E-state index contributed by atoms with van der Waals surface area (Å²) in [6, 6.07) is 4.32. The number of rotatable bonds is 4. The minimum absolute atomic E-state index is 0.158. The molecule has 3 nitrogen and oxygen atoms in total. The van der Waals surface area contributed by atoms with Crippen molar-refractivity contribution in [1.82, 2.24) is 4.98 Å². The Labute approximate surface area is 97.0 Å². The monoisotopic (exact) mass is 220 g/mol. The lowest BCUT2D eigenvalue weighted by Gasteiger charge is -2.22. The van der Waals surface area contributed by atoms with E-state index in [1.54, 1.807) is 7.11 Å². The Hall–Kier alpha value is -0.930. The van der Waals surface area contributed by atoms with E-state index in [0.717, 1.165) is 19.3 Å². The molecule has 1 heterocycles. The zero-order valence-corrected chi connectivity index (χ0v) is 10.0. The van der Waals surface area contributed by atoms with Crippen LogP contribution < -0.4 is 5.73 Å². The minimum atomic E-state index is 0.158. The first-order valence-corrected chi connectivity index (χ1v) is 5.94. The van der Waals surface area contributed by atoms with Gasteiger partial charge in [0.1, 0.15) is 0 Å². The van der Waals surface area contributed by atoms with Gasteiger partial charge >= 0.3 is 0 Å². The van der Waals surface area contributed by atoms with Crippen LogP contribution in [0.15, 0.2) is 18.3 Å². The average Bonchev–Trinajstić information content (AvgIpc) is 2.72. The SMILES string of the molecule is COC(C)CC(N)C1CCc2cccnc21. The molecule has 16 heavy (non-hydrogen) atoms. The number of methoxy groups -OCH3 is 1. The third kappa shape index (κ3) is 2.25. The van der Waals surface area contributed by atoms with E-state index in [1.165, 1.54) is 11.3 Å². The van der Waals surface area contributed by atoms with Gasteiger partial charge in [-0.05, 0) is 37.8 Å². The van der Waals surface area contributed by atoms with Gasteiger partial charge in [0.2, 0.25) is 0 Å². The van der Waals surface area contributed by atoms with Crippen LogP contribution in [0, 0.1) is 0 Å². The highest BCUT2D eigenvalue weighted by molar-refractivity contribution is 5.29. The summed E-state index contributed by atoms with van der Waals surface area (Å²) in [5.41, 5.74) is 8.83. The van der Waals surface area contributed by atoms with Crippen molar-refractivity contribution < 1.29 is 4.74 Å². The summed E-state index contributed by atoms with van der Waals surface area (Å²) in [6.45, 7) is 2.06. The maximum absolute atomic E-state index is 6.25. The van der Waals surface area contributed by atoms with Crippen LogP contribution in [0.5, 0.6) is 0 Å². The number of hydrogen-bond donors (Lipinski definition) is 1. The molecule has 0 amide bonds. The molecule has 0 spiro atoms. The van der Waals surface area contributed by atoms with Crippen LogP contribution in [0.4, 0.5) is 0 Å². The Bertz CT molecular complexity index is 354. The summed E-state index contributed by atoms with van der Waals surface area (Å²) < 4.78 is 5.27. The summed E-state index contributed by atoms with van der Waals surface area (Å²) in [6.07, 6.45) is 5.23. The number of aromatic nitrogens is 1. The second-order valence-corrected chi connectivity index (χ2v) is 4.64. The standard InChI is InChI=1S/C13H20N2O/c1-9(16-2)8-12(14)11-6-5-10-4-3-7-15-13(10)11/h3-4,7,9,11-12H,5-6,8,14H2,1-2H3. The van der Waals surface area contributed by atoms with Crippen LogP contribution in [0.2, 0.25) is 0 Å². The van der Waals surface area contributed by atoms with E-state index < -0.39 is 0 Å². The van der Waals surface area contributed by atoms with Gasteiger partial charge in [0.15, 0.2) is 0 Å². The summed E-state index contributed by atoms with van der Waals surface area (Å²) in [4.78, 5) is 4.47. The van der Waals surface area contributed by atoms with Crippen LogP contribution in [-0.4, -0.2) is 24.2 Å². The predicted molar refractivity (Wildman–Crippen MR) is 64.4 cm³/mol. The summed E-state index contributed by atoms with van der Waals surface area (Å²) in [5.74, 6) is 0.411. The number of nitrogens with zero attached hydrogens (tertiary/aromatic N) is 1. The molecule has 1 aromatic rings. The van der Waals surface area contributed by atoms with Crippen LogP contribution in [0.25, 0.3) is 0 Å². The number of pyridine rings is 1. The Balaban J connectivity index is 2.07. The highest BCUT2D eigenvalue weighted by atomic mass is 16.5. The quantitative estimate of drug-likeness (QED) is 0.842. The summed E-state index contributed by atoms with van der Waals surface area (Å²) >= 11 is 0. The van der Waals surface area contributed by atoms with Crippen LogP contribution in [0.1, 0.15) is 36.9 Å². The number of nitrogens with two attached hydrogens (primary N) is 1. The van der Waals surface area contributed by atoms with Gasteiger partial charge in [0.25, 0.3) is 0 Å². The van der Waals surface area contributed by atoms with Crippen molar-refractivity contribution >= 4 is 0 Å². The highest BCUT2D eigenvalue weighted by Gasteiger charge is 2.29. The van der Waals surface area contributed by atoms with Crippen LogP contribution >= 0.6 is 0 Å². The summed E-state index contributed by atoms with van der Waals surface area (Å²) in [7, 11) is 1.73. The van der Waals surface area contributed by atoms with Crippen molar-refractivity contribution in [3.05, 3.63) is 29.6 Å². The molecule has 1 aromatic heterocycles. The van der Waals surface area contributed by atoms with Crippen molar-refractivity contribution in [1.29, 1.82) is 0 Å². The van der Waals surface area contributed by atoms with Gasteiger partial charge in [0.05, 0.1) is 6.10 Å².